The summed E-state index contributed by atoms with van der Waals surface area (Å²) in [6.45, 7) is 2.21. The lowest BCUT2D eigenvalue weighted by Gasteiger charge is -2.15. The maximum Gasteiger partial charge on any atom is 0.257 e. The van der Waals surface area contributed by atoms with Gasteiger partial charge in [-0.3, -0.25) is 4.79 Å². The monoisotopic (exact) mass is 280 g/mol. The summed E-state index contributed by atoms with van der Waals surface area (Å²) in [5.74, 6) is 0.503. The van der Waals surface area contributed by atoms with E-state index < -0.39 is 0 Å². The number of likely N-dealkylation sites (tertiary alicyclic amines) is 1. The molecule has 102 valence electrons. The van der Waals surface area contributed by atoms with Gasteiger partial charge in [-0.05, 0) is 31.0 Å². The Hall–Kier alpha value is -1.59. The fourth-order valence-corrected chi connectivity index (χ4v) is 2.48. The minimum Gasteiger partial charge on any atom is -0.338 e. The fourth-order valence-electron chi connectivity index (χ4n) is 2.48. The zero-order chi connectivity index (χ0) is 12.5. The number of hydrogen-bond donors (Lipinski definition) is 1. The Bertz CT molecular complexity index is 583. The van der Waals surface area contributed by atoms with E-state index >= 15 is 0 Å². The van der Waals surface area contributed by atoms with Crippen LogP contribution in [0.5, 0.6) is 0 Å². The number of pyridine rings is 1. The van der Waals surface area contributed by atoms with Crippen LogP contribution in [0.2, 0.25) is 0 Å². The molecule has 1 saturated heterocycles. The second kappa shape index (κ2) is 5.59. The second-order valence-electron chi connectivity index (χ2n) is 4.73. The molecular formula is C13H17ClN4O. The normalized spacial score (nSPS) is 18.6. The molecule has 1 unspecified atom stereocenters. The molecule has 0 spiro atoms. The molecule has 3 heterocycles. The maximum absolute atomic E-state index is 12.4. The number of amides is 1. The first-order valence-corrected chi connectivity index (χ1v) is 6.21. The number of rotatable bonds is 2. The number of hydrogen-bond acceptors (Lipinski definition) is 3. The van der Waals surface area contributed by atoms with Crippen LogP contribution in [0.4, 0.5) is 0 Å². The van der Waals surface area contributed by atoms with E-state index in [0.29, 0.717) is 18.0 Å². The van der Waals surface area contributed by atoms with Crippen molar-refractivity contribution < 1.29 is 4.79 Å². The third-order valence-corrected chi connectivity index (χ3v) is 3.56. The zero-order valence-electron chi connectivity index (χ0n) is 10.5. The lowest BCUT2D eigenvalue weighted by Crippen LogP contribution is -2.29. The third kappa shape index (κ3) is 2.43. The van der Waals surface area contributed by atoms with Crippen LogP contribution >= 0.6 is 12.4 Å². The fraction of sp³-hybridized carbons (Fsp3) is 0.385. The Morgan fingerprint density at radius 3 is 3.05 bits per heavy atom. The van der Waals surface area contributed by atoms with Gasteiger partial charge in [-0.2, -0.15) is 5.10 Å². The van der Waals surface area contributed by atoms with Crippen molar-refractivity contribution in [2.24, 2.45) is 11.7 Å². The first-order valence-electron chi connectivity index (χ1n) is 6.21. The summed E-state index contributed by atoms with van der Waals surface area (Å²) in [5, 5.41) is 4.19. The largest absolute Gasteiger partial charge is 0.338 e. The molecule has 1 amide bonds. The molecule has 0 aromatic carbocycles. The SMILES string of the molecule is Cl.NCC1CCN(C(=O)c2cnn3ccccc23)C1. The van der Waals surface area contributed by atoms with Crippen molar-refractivity contribution in [3.05, 3.63) is 36.2 Å². The summed E-state index contributed by atoms with van der Waals surface area (Å²) in [4.78, 5) is 14.3. The topological polar surface area (TPSA) is 63.6 Å². The summed E-state index contributed by atoms with van der Waals surface area (Å²) in [6.07, 6.45) is 4.49. The molecule has 6 heteroatoms. The number of nitrogens with two attached hydrogens (primary N) is 1. The van der Waals surface area contributed by atoms with E-state index in [1.807, 2.05) is 29.3 Å². The van der Waals surface area contributed by atoms with Gasteiger partial charge < -0.3 is 10.6 Å². The molecule has 1 aliphatic heterocycles. The smallest absolute Gasteiger partial charge is 0.257 e. The summed E-state index contributed by atoms with van der Waals surface area (Å²) < 4.78 is 1.73. The van der Waals surface area contributed by atoms with Gasteiger partial charge in [-0.15, -0.1) is 12.4 Å². The summed E-state index contributed by atoms with van der Waals surface area (Å²) in [7, 11) is 0. The molecule has 2 N–H and O–H groups in total. The van der Waals surface area contributed by atoms with Crippen LogP contribution < -0.4 is 5.73 Å². The van der Waals surface area contributed by atoms with E-state index in [4.69, 9.17) is 5.73 Å². The number of aromatic nitrogens is 2. The summed E-state index contributed by atoms with van der Waals surface area (Å²) in [6, 6.07) is 5.73. The molecule has 2 aromatic heterocycles. The molecular weight excluding hydrogens is 264 g/mol. The summed E-state index contributed by atoms with van der Waals surface area (Å²) in [5.41, 5.74) is 7.19. The molecule has 5 nitrogen and oxygen atoms in total. The number of carbonyl (C=O) groups is 1. The minimum atomic E-state index is 0. The van der Waals surface area contributed by atoms with Gasteiger partial charge in [0.25, 0.3) is 5.91 Å². The van der Waals surface area contributed by atoms with Gasteiger partial charge in [0.15, 0.2) is 0 Å². The average Bonchev–Trinajstić information content (AvgIpc) is 3.04. The Kier molecular flexibility index (Phi) is 4.07. The van der Waals surface area contributed by atoms with Crippen molar-refractivity contribution >= 4 is 23.8 Å². The van der Waals surface area contributed by atoms with Gasteiger partial charge in [0, 0.05) is 19.3 Å². The molecule has 0 bridgehead atoms. The van der Waals surface area contributed by atoms with Crippen molar-refractivity contribution in [2.75, 3.05) is 19.6 Å². The Morgan fingerprint density at radius 2 is 2.32 bits per heavy atom. The number of carbonyl (C=O) groups excluding carboxylic acids is 1. The van der Waals surface area contributed by atoms with Crippen molar-refractivity contribution in [1.82, 2.24) is 14.5 Å². The van der Waals surface area contributed by atoms with Gasteiger partial charge in [-0.1, -0.05) is 6.07 Å². The van der Waals surface area contributed by atoms with Gasteiger partial charge in [-0.25, -0.2) is 4.52 Å². The first-order chi connectivity index (χ1) is 8.79. The van der Waals surface area contributed by atoms with Crippen molar-refractivity contribution in [1.29, 1.82) is 0 Å². The van der Waals surface area contributed by atoms with Gasteiger partial charge in [0.2, 0.25) is 0 Å². The number of fused-ring (bicyclic) bond motifs is 1. The lowest BCUT2D eigenvalue weighted by molar-refractivity contribution is 0.0789. The van der Waals surface area contributed by atoms with Gasteiger partial charge in [0.1, 0.15) is 0 Å². The van der Waals surface area contributed by atoms with E-state index in [1.54, 1.807) is 10.7 Å². The quantitative estimate of drug-likeness (QED) is 0.898. The molecule has 1 fully saturated rings. The predicted molar refractivity (Wildman–Crippen MR) is 75.5 cm³/mol. The standard InChI is InChI=1S/C13H16N4O.ClH/c14-7-10-4-6-16(9-10)13(18)11-8-15-17-5-2-1-3-12(11)17;/h1-3,5,8,10H,4,6-7,9,14H2;1H. The van der Waals surface area contributed by atoms with E-state index in [9.17, 15) is 4.79 Å². The van der Waals surface area contributed by atoms with Gasteiger partial charge >= 0.3 is 0 Å². The van der Waals surface area contributed by atoms with E-state index in [1.165, 1.54) is 0 Å². The highest BCUT2D eigenvalue weighted by atomic mass is 35.5. The second-order valence-corrected chi connectivity index (χ2v) is 4.73. The van der Waals surface area contributed by atoms with Crippen LogP contribution in [0.15, 0.2) is 30.6 Å². The van der Waals surface area contributed by atoms with Crippen molar-refractivity contribution in [2.45, 2.75) is 6.42 Å². The molecule has 19 heavy (non-hydrogen) atoms. The first kappa shape index (κ1) is 13.8. The Labute approximate surface area is 117 Å². The van der Waals surface area contributed by atoms with Gasteiger partial charge in [0.05, 0.1) is 17.3 Å². The molecule has 0 aliphatic carbocycles. The molecule has 3 rings (SSSR count). The Morgan fingerprint density at radius 1 is 1.47 bits per heavy atom. The van der Waals surface area contributed by atoms with E-state index in [0.717, 1.165) is 25.0 Å². The average molecular weight is 281 g/mol. The predicted octanol–water partition coefficient (Wildman–Crippen LogP) is 1.18. The highest BCUT2D eigenvalue weighted by Crippen LogP contribution is 2.19. The third-order valence-electron chi connectivity index (χ3n) is 3.56. The van der Waals surface area contributed by atoms with Crippen molar-refractivity contribution in [3.8, 4) is 0 Å². The molecule has 2 aromatic rings. The lowest BCUT2D eigenvalue weighted by atomic mass is 10.1. The van der Waals surface area contributed by atoms with Crippen molar-refractivity contribution in [3.63, 3.8) is 0 Å². The highest BCUT2D eigenvalue weighted by molar-refractivity contribution is 6.00. The van der Waals surface area contributed by atoms with E-state index in [-0.39, 0.29) is 18.3 Å². The summed E-state index contributed by atoms with van der Waals surface area (Å²) >= 11 is 0. The van der Waals surface area contributed by atoms with Crippen LogP contribution in [0.3, 0.4) is 0 Å². The maximum atomic E-state index is 12.4. The molecule has 0 saturated carbocycles. The minimum absolute atomic E-state index is 0. The van der Waals surface area contributed by atoms with Crippen LogP contribution in [-0.2, 0) is 0 Å². The van der Waals surface area contributed by atoms with Crippen LogP contribution in [0.1, 0.15) is 16.8 Å². The zero-order valence-corrected chi connectivity index (χ0v) is 11.3. The van der Waals surface area contributed by atoms with E-state index in [2.05, 4.69) is 5.10 Å². The highest BCUT2D eigenvalue weighted by Gasteiger charge is 2.27. The van der Waals surface area contributed by atoms with Crippen LogP contribution in [0, 0.1) is 5.92 Å². The Balaban J connectivity index is 0.00000133. The molecule has 1 atom stereocenters. The number of nitrogens with zero attached hydrogens (tertiary/aromatic N) is 3. The molecule has 0 radical (unpaired) electrons. The van der Waals surface area contributed by atoms with Crippen LogP contribution in [0.25, 0.3) is 5.52 Å². The number of halogens is 1. The van der Waals surface area contributed by atoms with Crippen LogP contribution in [-0.4, -0.2) is 40.1 Å². The molecule has 1 aliphatic rings.